The van der Waals surface area contributed by atoms with Gasteiger partial charge in [0.15, 0.2) is 6.10 Å². The molecule has 0 spiro atoms. The molecular weight excluding hydrogens is 959 g/mol. The molecule has 9 heteroatoms. The van der Waals surface area contributed by atoms with Crippen molar-refractivity contribution in [1.82, 2.24) is 0 Å². The molecule has 0 aliphatic carbocycles. The van der Waals surface area contributed by atoms with E-state index in [0.717, 1.165) is 96.3 Å². The second-order valence-corrected chi connectivity index (χ2v) is 22.0. The Morgan fingerprint density at radius 3 is 1.10 bits per heavy atom. The predicted octanol–water partition coefficient (Wildman–Crippen LogP) is 18.9. The molecule has 1 N–H and O–H groups in total. The number of quaternary nitrogens is 1. The van der Waals surface area contributed by atoms with E-state index in [9.17, 15) is 19.5 Å². The van der Waals surface area contributed by atoms with E-state index < -0.39 is 24.3 Å². The highest BCUT2D eigenvalue weighted by atomic mass is 16.7. The second-order valence-electron chi connectivity index (χ2n) is 22.0. The Kier molecular flexibility index (Phi) is 55.5. The quantitative estimate of drug-likeness (QED) is 0.0211. The first-order chi connectivity index (χ1) is 37.6. The van der Waals surface area contributed by atoms with Crippen molar-refractivity contribution in [3.05, 3.63) is 97.2 Å². The number of ether oxygens (including phenoxy) is 4. The predicted molar refractivity (Wildman–Crippen MR) is 327 cm³/mol. The number of carbonyl (C=O) groups is 3. The zero-order valence-corrected chi connectivity index (χ0v) is 50.3. The van der Waals surface area contributed by atoms with Crippen molar-refractivity contribution in [2.24, 2.45) is 0 Å². The molecule has 0 heterocycles. The fourth-order valence-electron chi connectivity index (χ4n) is 8.52. The van der Waals surface area contributed by atoms with Crippen LogP contribution in [0.15, 0.2) is 97.2 Å². The number of carboxylic acid groups (broad SMARTS) is 1. The van der Waals surface area contributed by atoms with Crippen LogP contribution in [0.2, 0.25) is 0 Å². The largest absolute Gasteiger partial charge is 0.477 e. The molecule has 0 fully saturated rings. The number of rotatable bonds is 57. The van der Waals surface area contributed by atoms with Crippen molar-refractivity contribution >= 4 is 17.9 Å². The van der Waals surface area contributed by atoms with Crippen molar-refractivity contribution in [2.45, 2.75) is 270 Å². The molecule has 0 aliphatic rings. The summed E-state index contributed by atoms with van der Waals surface area (Å²) in [5.41, 5.74) is 0. The van der Waals surface area contributed by atoms with Crippen molar-refractivity contribution in [1.29, 1.82) is 0 Å². The van der Waals surface area contributed by atoms with Crippen LogP contribution in [-0.2, 0) is 33.3 Å². The van der Waals surface area contributed by atoms with E-state index in [0.29, 0.717) is 17.4 Å². The maximum atomic E-state index is 12.9. The van der Waals surface area contributed by atoms with Gasteiger partial charge in [0.05, 0.1) is 34.4 Å². The Bertz CT molecular complexity index is 1580. The van der Waals surface area contributed by atoms with Gasteiger partial charge in [-0.25, -0.2) is 4.79 Å². The van der Waals surface area contributed by atoms with Crippen molar-refractivity contribution < 1.29 is 42.9 Å². The van der Waals surface area contributed by atoms with Crippen LogP contribution in [0.3, 0.4) is 0 Å². The number of carbonyl (C=O) groups excluding carboxylic acids is 2. The second kappa shape index (κ2) is 58.4. The topological polar surface area (TPSA) is 108 Å². The maximum absolute atomic E-state index is 12.9. The van der Waals surface area contributed by atoms with E-state index in [-0.39, 0.29) is 32.2 Å². The number of esters is 2. The standard InChI is InChI=1S/C68H117NO8/c1-6-8-10-12-14-16-18-20-22-24-25-26-27-28-29-30-31-32-33-34-35-36-37-38-39-40-41-43-45-47-49-51-53-55-57-59-66(71)77-64(63-76-68(67(72)73)74-61-60-69(3,4)5)62-75-65(70)58-56-54-52-50-48-46-44-42-23-21-19-17-15-13-11-9-7-2/h8,10,14-17,20-23,25-26,28-29,31-32,64,68H,6-7,9,11-13,18-19,24,27,30,33-63H2,1-5H3/p+1/b10-8-,16-14-,17-15-,22-20-,23-21-,26-25-,29-28-,32-31-. The third-order valence-electron chi connectivity index (χ3n) is 13.3. The number of aliphatic carboxylic acids is 1. The molecule has 9 nitrogen and oxygen atoms in total. The van der Waals surface area contributed by atoms with Gasteiger partial charge in [-0.1, -0.05) is 246 Å². The van der Waals surface area contributed by atoms with Crippen LogP contribution in [0.1, 0.15) is 258 Å². The van der Waals surface area contributed by atoms with Crippen molar-refractivity contribution in [3.63, 3.8) is 0 Å². The SMILES string of the molecule is CC/C=C\C/C=C\C/C=C\C/C=C\C/C=C\C/C=C\CCCCCCCCCCCCCCCCCCC(=O)OC(COC(=O)CCCCCCCCC/C=C\C/C=C\CCCCC)COC(OCC[N+](C)(C)C)C(=O)O. The molecule has 0 bridgehead atoms. The van der Waals surface area contributed by atoms with Gasteiger partial charge in [0.1, 0.15) is 13.2 Å². The molecule has 0 radical (unpaired) electrons. The van der Waals surface area contributed by atoms with Crippen LogP contribution in [0.25, 0.3) is 0 Å². The zero-order chi connectivity index (χ0) is 56.2. The van der Waals surface area contributed by atoms with E-state index in [1.54, 1.807) is 0 Å². The minimum Gasteiger partial charge on any atom is -0.477 e. The molecule has 77 heavy (non-hydrogen) atoms. The van der Waals surface area contributed by atoms with Gasteiger partial charge >= 0.3 is 17.9 Å². The van der Waals surface area contributed by atoms with Crippen LogP contribution >= 0.6 is 0 Å². The summed E-state index contributed by atoms with van der Waals surface area (Å²) in [7, 11) is 5.97. The summed E-state index contributed by atoms with van der Waals surface area (Å²) in [4.78, 5) is 37.5. The third-order valence-corrected chi connectivity index (χ3v) is 13.3. The third kappa shape index (κ3) is 59.7. The Morgan fingerprint density at radius 1 is 0.403 bits per heavy atom. The number of likely N-dealkylation sites (N-methyl/N-ethyl adjacent to an activating group) is 1. The first-order valence-corrected chi connectivity index (χ1v) is 31.4. The summed E-state index contributed by atoms with van der Waals surface area (Å²) < 4.78 is 22.9. The Hall–Kier alpha value is -3.79. The first kappa shape index (κ1) is 73.2. The van der Waals surface area contributed by atoms with Gasteiger partial charge in [0.2, 0.25) is 0 Å². The molecule has 0 aliphatic heterocycles. The van der Waals surface area contributed by atoms with Crippen molar-refractivity contribution in [2.75, 3.05) is 47.5 Å². The lowest BCUT2D eigenvalue weighted by Crippen LogP contribution is -2.40. The Balaban J connectivity index is 4.12. The Labute approximate surface area is 473 Å². The lowest BCUT2D eigenvalue weighted by molar-refractivity contribution is -0.870. The molecule has 2 unspecified atom stereocenters. The average Bonchev–Trinajstić information content (AvgIpc) is 3.40. The van der Waals surface area contributed by atoms with Gasteiger partial charge in [0.25, 0.3) is 6.29 Å². The fourth-order valence-corrected chi connectivity index (χ4v) is 8.52. The van der Waals surface area contributed by atoms with Gasteiger partial charge in [-0.2, -0.15) is 0 Å². The average molecular weight is 1080 g/mol. The van der Waals surface area contributed by atoms with Crippen LogP contribution in [-0.4, -0.2) is 87.4 Å². The fraction of sp³-hybridized carbons (Fsp3) is 0.721. The first-order valence-electron chi connectivity index (χ1n) is 31.4. The van der Waals surface area contributed by atoms with E-state index >= 15 is 0 Å². The summed E-state index contributed by atoms with van der Waals surface area (Å²) in [5, 5.41) is 9.71. The molecule has 0 aromatic rings. The van der Waals surface area contributed by atoms with Crippen molar-refractivity contribution in [3.8, 4) is 0 Å². The molecule has 0 saturated carbocycles. The highest BCUT2D eigenvalue weighted by molar-refractivity contribution is 5.71. The molecule has 0 aromatic carbocycles. The summed E-state index contributed by atoms with van der Waals surface area (Å²) in [6.45, 7) is 4.74. The molecule has 0 amide bonds. The van der Waals surface area contributed by atoms with Gasteiger partial charge in [-0.3, -0.25) is 9.59 Å². The highest BCUT2D eigenvalue weighted by Crippen LogP contribution is 2.16. The molecule has 0 saturated heterocycles. The minimum absolute atomic E-state index is 0.184. The van der Waals surface area contributed by atoms with Gasteiger partial charge < -0.3 is 28.5 Å². The molecular formula is C68H118NO8+. The van der Waals surface area contributed by atoms with Gasteiger partial charge in [-0.15, -0.1) is 0 Å². The monoisotopic (exact) mass is 1080 g/mol. The lowest BCUT2D eigenvalue weighted by Gasteiger charge is -2.25. The van der Waals surface area contributed by atoms with Crippen LogP contribution in [0, 0.1) is 0 Å². The zero-order valence-electron chi connectivity index (χ0n) is 50.3. The molecule has 0 aromatic heterocycles. The number of allylic oxidation sites excluding steroid dienone is 16. The summed E-state index contributed by atoms with van der Waals surface area (Å²) in [6.07, 6.45) is 76.4. The minimum atomic E-state index is -1.52. The number of hydrogen-bond donors (Lipinski definition) is 1. The highest BCUT2D eigenvalue weighted by Gasteiger charge is 2.25. The maximum Gasteiger partial charge on any atom is 0.361 e. The molecule has 442 valence electrons. The number of hydrogen-bond acceptors (Lipinski definition) is 7. The number of unbranched alkanes of at least 4 members (excludes halogenated alkanes) is 26. The van der Waals surface area contributed by atoms with Crippen LogP contribution in [0.5, 0.6) is 0 Å². The van der Waals surface area contributed by atoms with E-state index in [4.69, 9.17) is 18.9 Å². The van der Waals surface area contributed by atoms with E-state index in [2.05, 4.69) is 111 Å². The van der Waals surface area contributed by atoms with E-state index in [1.165, 1.54) is 135 Å². The lowest BCUT2D eigenvalue weighted by atomic mass is 10.0. The molecule has 2 atom stereocenters. The number of nitrogens with zero attached hydrogens (tertiary/aromatic N) is 1. The van der Waals surface area contributed by atoms with Crippen LogP contribution < -0.4 is 0 Å². The van der Waals surface area contributed by atoms with Gasteiger partial charge in [-0.05, 0) is 96.3 Å². The Morgan fingerprint density at radius 2 is 0.740 bits per heavy atom. The summed E-state index contributed by atoms with van der Waals surface area (Å²) in [5.74, 6) is -2.01. The van der Waals surface area contributed by atoms with Gasteiger partial charge in [0, 0.05) is 12.8 Å². The number of carboxylic acids is 1. The smallest absolute Gasteiger partial charge is 0.361 e. The van der Waals surface area contributed by atoms with Crippen LogP contribution in [0.4, 0.5) is 0 Å². The molecule has 0 rings (SSSR count). The summed E-state index contributed by atoms with van der Waals surface area (Å²) >= 11 is 0. The summed E-state index contributed by atoms with van der Waals surface area (Å²) in [6, 6.07) is 0. The normalized spacial score (nSPS) is 13.4. The van der Waals surface area contributed by atoms with E-state index in [1.807, 2.05) is 21.1 Å².